The first kappa shape index (κ1) is 67.3. The Morgan fingerprint density at radius 3 is 2.20 bits per heavy atom. The second kappa shape index (κ2) is 29.0. The maximum absolute atomic E-state index is 14.5. The second-order valence-electron chi connectivity index (χ2n) is 24.5. The number of benzene rings is 4. The van der Waals surface area contributed by atoms with E-state index in [4.69, 9.17) is 0 Å². The van der Waals surface area contributed by atoms with Crippen LogP contribution in [0.3, 0.4) is 0 Å². The maximum Gasteiger partial charge on any atom is 0.501 e. The molecule has 0 aromatic heterocycles. The van der Waals surface area contributed by atoms with Gasteiger partial charge in [-0.1, -0.05) is 68.3 Å². The van der Waals surface area contributed by atoms with Gasteiger partial charge in [-0.15, -0.1) is 11.8 Å². The molecule has 5 aliphatic rings. The van der Waals surface area contributed by atoms with E-state index in [0.717, 1.165) is 98.9 Å². The number of imide groups is 2. The van der Waals surface area contributed by atoms with E-state index in [1.807, 2.05) is 35.1 Å². The third-order valence-electron chi connectivity index (χ3n) is 17.6. The predicted octanol–water partition coefficient (Wildman–Crippen LogP) is 9.26. The number of allylic oxidation sites excluding steroid dienone is 2. The van der Waals surface area contributed by atoms with Crippen LogP contribution in [0.1, 0.15) is 129 Å². The maximum atomic E-state index is 14.5. The first-order chi connectivity index (χ1) is 42.8. The normalized spacial score (nSPS) is 19.0. The third-order valence-corrected chi connectivity index (χ3v) is 21.6. The van der Waals surface area contributed by atoms with Gasteiger partial charge in [0.15, 0.2) is 0 Å². The lowest BCUT2D eigenvalue weighted by Gasteiger charge is -2.39. The molecule has 0 bridgehead atoms. The summed E-state index contributed by atoms with van der Waals surface area (Å²) in [5, 5.41) is 8.39. The number of anilines is 3. The van der Waals surface area contributed by atoms with E-state index in [1.165, 1.54) is 41.1 Å². The van der Waals surface area contributed by atoms with Crippen LogP contribution in [0.25, 0.3) is 0 Å². The molecule has 4 N–H and O–H groups in total. The third kappa shape index (κ3) is 16.5. The first-order valence-corrected chi connectivity index (χ1v) is 34.8. The lowest BCUT2D eigenvalue weighted by molar-refractivity contribution is -0.136. The molecular formula is C65H80F3N9O10S3. The lowest BCUT2D eigenvalue weighted by Crippen LogP contribution is -2.54. The van der Waals surface area contributed by atoms with E-state index in [1.54, 1.807) is 34.7 Å². The number of alkyl halides is 3. The van der Waals surface area contributed by atoms with Crippen molar-refractivity contribution >= 4 is 84.1 Å². The summed E-state index contributed by atoms with van der Waals surface area (Å²) in [5.74, 6) is -3.25. The second-order valence-corrected chi connectivity index (χ2v) is 29.2. The number of piperazine rings is 2. The zero-order chi connectivity index (χ0) is 64.5. The highest BCUT2D eigenvalue weighted by Crippen LogP contribution is 2.42. The molecule has 1 aliphatic carbocycles. The molecule has 0 radical (unpaired) electrons. The topological polar surface area (TPSA) is 235 Å². The van der Waals surface area contributed by atoms with E-state index >= 15 is 0 Å². The molecule has 0 saturated carbocycles. The molecule has 4 heterocycles. The Morgan fingerprint density at radius 1 is 0.800 bits per heavy atom. The van der Waals surface area contributed by atoms with Crippen LogP contribution in [0.5, 0.6) is 0 Å². The molecule has 2 atom stereocenters. The van der Waals surface area contributed by atoms with Crippen LogP contribution in [0.4, 0.5) is 30.2 Å². The molecule has 6 amide bonds. The Kier molecular flexibility index (Phi) is 21.7. The first-order valence-electron chi connectivity index (χ1n) is 30.8. The summed E-state index contributed by atoms with van der Waals surface area (Å²) in [6.45, 7) is 17.7. The fourth-order valence-corrected chi connectivity index (χ4v) is 15.2. The lowest BCUT2D eigenvalue weighted by atomic mass is 9.73. The van der Waals surface area contributed by atoms with Gasteiger partial charge in [0.05, 0.1) is 21.7 Å². The van der Waals surface area contributed by atoms with Gasteiger partial charge in [-0.25, -0.2) is 21.6 Å². The number of halogens is 3. The number of thioether (sulfide) groups is 1. The Bertz CT molecular complexity index is 3610. The summed E-state index contributed by atoms with van der Waals surface area (Å²) in [4.78, 5) is 86.0. The van der Waals surface area contributed by atoms with E-state index in [2.05, 4.69) is 58.0 Å². The molecular weight excluding hydrogens is 1220 g/mol. The van der Waals surface area contributed by atoms with Crippen molar-refractivity contribution in [3.05, 3.63) is 131 Å². The predicted molar refractivity (Wildman–Crippen MR) is 340 cm³/mol. The molecule has 4 aliphatic heterocycles. The minimum absolute atomic E-state index is 0.00354. The monoisotopic (exact) mass is 1300 g/mol. The molecule has 90 heavy (non-hydrogen) atoms. The van der Waals surface area contributed by atoms with E-state index in [9.17, 15) is 58.8 Å². The molecule has 4 aromatic carbocycles. The zero-order valence-electron chi connectivity index (χ0n) is 51.2. The van der Waals surface area contributed by atoms with E-state index < -0.39 is 82.5 Å². The number of hydrogen-bond acceptors (Lipinski definition) is 16. The zero-order valence-corrected chi connectivity index (χ0v) is 53.6. The standard InChI is InChI=1S/C65H80F3N9O10S3/c1-5-44(2)17-18-46-41-64(3,4)29-27-47(46)42-74-34-36-75(37-35-74)49-21-19-45(20-22-49)60(80)72-90(86,87)51-23-24-53(56(40-51)89(84,85)65(66,67)68)70-48(43-88-50-12-7-6-8-13-50)28-31-73-32-38-76(39-33-73)58(79)16-9-10-30-69-54-15-11-14-52-59(54)63(83)77(62(52)82)55-25-26-57(78)71-61(55)81/h6-8,11-15,19-24,40,48,55,69-70H,2,5,9-10,16-18,25-39,41-43H2,1,3-4H3,(H,72,80)(H,71,78,81)/t48-,55?/m1/s1. The van der Waals surface area contributed by atoms with Crippen LogP contribution in [0, 0.1) is 5.41 Å². The van der Waals surface area contributed by atoms with Gasteiger partial charge in [-0.3, -0.25) is 48.8 Å². The fourth-order valence-electron chi connectivity index (χ4n) is 12.2. The molecule has 9 rings (SSSR count). The molecule has 1 unspecified atom stereocenters. The average molecular weight is 1300 g/mol. The smallest absolute Gasteiger partial charge is 0.384 e. The van der Waals surface area contributed by atoms with Crippen LogP contribution >= 0.6 is 11.8 Å². The van der Waals surface area contributed by atoms with Gasteiger partial charge < -0.3 is 20.4 Å². The minimum atomic E-state index is -6.17. The number of carbonyl (C=O) groups is 6. The molecule has 0 spiro atoms. The summed E-state index contributed by atoms with van der Waals surface area (Å²) in [7, 11) is -11.1. The van der Waals surface area contributed by atoms with Gasteiger partial charge in [0, 0.05) is 118 Å². The minimum Gasteiger partial charge on any atom is -0.384 e. The highest BCUT2D eigenvalue weighted by Gasteiger charge is 2.49. The van der Waals surface area contributed by atoms with Crippen LogP contribution in [-0.2, 0) is 34.2 Å². The molecule has 4 aromatic rings. The number of hydrogen-bond donors (Lipinski definition) is 4. The number of sulfonamides is 1. The van der Waals surface area contributed by atoms with Crippen molar-refractivity contribution in [2.75, 3.05) is 93.3 Å². The van der Waals surface area contributed by atoms with Crippen LogP contribution in [0.15, 0.2) is 129 Å². The molecule has 3 fully saturated rings. The van der Waals surface area contributed by atoms with E-state index in [0.29, 0.717) is 70.3 Å². The fraction of sp³-hybridized carbons (Fsp3) is 0.477. The number of unbranched alkanes of at least 4 members (excludes halogenated alkanes) is 1. The average Bonchev–Trinajstić information content (AvgIpc) is 1.50. The summed E-state index contributed by atoms with van der Waals surface area (Å²) in [6.07, 6.45) is 8.05. The van der Waals surface area contributed by atoms with Crippen molar-refractivity contribution in [1.29, 1.82) is 0 Å². The molecule has 3 saturated heterocycles. The number of sulfone groups is 1. The van der Waals surface area contributed by atoms with E-state index in [-0.39, 0.29) is 53.0 Å². The van der Waals surface area contributed by atoms with Gasteiger partial charge in [0.1, 0.15) is 10.9 Å². The van der Waals surface area contributed by atoms with Crippen LogP contribution in [-0.4, -0.2) is 167 Å². The largest absolute Gasteiger partial charge is 0.501 e. The van der Waals surface area contributed by atoms with Crippen molar-refractivity contribution in [2.24, 2.45) is 5.41 Å². The van der Waals surface area contributed by atoms with Crippen molar-refractivity contribution in [2.45, 2.75) is 130 Å². The Hall–Kier alpha value is -7.06. The summed E-state index contributed by atoms with van der Waals surface area (Å²) < 4.78 is 99.8. The molecule has 25 heteroatoms. The highest BCUT2D eigenvalue weighted by atomic mass is 32.2. The van der Waals surface area contributed by atoms with Crippen molar-refractivity contribution in [3.8, 4) is 0 Å². The number of rotatable bonds is 26. The van der Waals surface area contributed by atoms with Gasteiger partial charge in [-0.05, 0) is 136 Å². The highest BCUT2D eigenvalue weighted by molar-refractivity contribution is 7.99. The van der Waals surface area contributed by atoms with Crippen molar-refractivity contribution in [3.63, 3.8) is 0 Å². The number of piperidine rings is 1. The van der Waals surface area contributed by atoms with Crippen LogP contribution < -0.4 is 25.6 Å². The summed E-state index contributed by atoms with van der Waals surface area (Å²) in [6, 6.07) is 21.0. The summed E-state index contributed by atoms with van der Waals surface area (Å²) >= 11 is 1.39. The van der Waals surface area contributed by atoms with Crippen molar-refractivity contribution < 1.29 is 58.8 Å². The van der Waals surface area contributed by atoms with Crippen LogP contribution in [0.2, 0.25) is 0 Å². The Labute approximate surface area is 529 Å². The van der Waals surface area contributed by atoms with Gasteiger partial charge in [0.2, 0.25) is 17.7 Å². The number of carbonyl (C=O) groups excluding carboxylic acids is 6. The number of fused-ring (bicyclic) bond motifs is 1. The van der Waals surface area contributed by atoms with Gasteiger partial charge >= 0.3 is 5.51 Å². The Balaban J connectivity index is 0.778. The number of amides is 6. The van der Waals surface area contributed by atoms with Crippen molar-refractivity contribution in [1.82, 2.24) is 29.6 Å². The molecule has 484 valence electrons. The number of nitrogens with one attached hydrogen (secondary N) is 4. The summed E-state index contributed by atoms with van der Waals surface area (Å²) in [5.41, 5.74) is -0.115. The van der Waals surface area contributed by atoms with Gasteiger partial charge in [0.25, 0.3) is 37.6 Å². The van der Waals surface area contributed by atoms with Gasteiger partial charge in [-0.2, -0.15) is 13.2 Å². The number of nitrogens with zero attached hydrogens (tertiary/aromatic N) is 5. The SMILES string of the molecule is C=C(CC)CCC1=C(CN2CCN(c3ccc(C(=O)NS(=O)(=O)c4ccc(N[C@H](CCN5CCN(C(=O)CCCCNc6cccc7c6C(=O)N(C6CCC(=O)NC6=O)C7=O)CC5)CSc5ccccc5)c(S(=O)(=O)C(F)(F)F)c4)cc3)CC2)CCC(C)(C)C1. The quantitative estimate of drug-likeness (QED) is 0.0198. The molecule has 19 nitrogen and oxygen atoms in total. The Morgan fingerprint density at radius 2 is 1.51 bits per heavy atom.